The summed E-state index contributed by atoms with van der Waals surface area (Å²) in [5, 5.41) is 0.874. The molecule has 1 saturated heterocycles. The lowest BCUT2D eigenvalue weighted by Gasteiger charge is -2.36. The van der Waals surface area contributed by atoms with Gasteiger partial charge in [0.15, 0.2) is 0 Å². The minimum absolute atomic E-state index is 0.288. The Hall–Kier alpha value is -1.90. The standard InChI is InChI=1S/C18H23N3O4S/c1-18(2)8-10-11(9-25-18)15(21-4-6-24-7-5-21)20-16-12(10)13(19)14(26-16)17(22)23-3/h4-9,19H2,1-3H3. The summed E-state index contributed by atoms with van der Waals surface area (Å²) < 4.78 is 16.4. The zero-order valence-corrected chi connectivity index (χ0v) is 16.1. The highest BCUT2D eigenvalue weighted by atomic mass is 32.1. The first kappa shape index (κ1) is 17.5. The van der Waals surface area contributed by atoms with Gasteiger partial charge in [-0.15, -0.1) is 11.3 Å². The van der Waals surface area contributed by atoms with E-state index in [4.69, 9.17) is 24.9 Å². The fourth-order valence-corrected chi connectivity index (χ4v) is 4.66. The molecular weight excluding hydrogens is 354 g/mol. The number of carbonyl (C=O) groups is 1. The number of carbonyl (C=O) groups excluding carboxylic acids is 1. The Kier molecular flexibility index (Phi) is 4.29. The Labute approximate surface area is 156 Å². The highest BCUT2D eigenvalue weighted by Gasteiger charge is 2.34. The molecule has 0 amide bonds. The highest BCUT2D eigenvalue weighted by Crippen LogP contribution is 2.43. The zero-order chi connectivity index (χ0) is 18.5. The predicted octanol–water partition coefficient (Wildman–Crippen LogP) is 2.35. The Bertz CT molecular complexity index is 871. The lowest BCUT2D eigenvalue weighted by Crippen LogP contribution is -2.39. The second-order valence-corrected chi connectivity index (χ2v) is 8.23. The number of anilines is 2. The molecule has 26 heavy (non-hydrogen) atoms. The summed E-state index contributed by atoms with van der Waals surface area (Å²) in [4.78, 5) is 20.4. The number of hydrogen-bond donors (Lipinski definition) is 1. The van der Waals surface area contributed by atoms with Crippen molar-refractivity contribution in [3.8, 4) is 0 Å². The third-order valence-electron chi connectivity index (χ3n) is 4.96. The van der Waals surface area contributed by atoms with Gasteiger partial charge >= 0.3 is 5.97 Å². The minimum Gasteiger partial charge on any atom is -0.465 e. The van der Waals surface area contributed by atoms with Crippen molar-refractivity contribution in [1.82, 2.24) is 4.98 Å². The van der Waals surface area contributed by atoms with Gasteiger partial charge in [0.05, 0.1) is 38.2 Å². The van der Waals surface area contributed by atoms with Crippen LogP contribution < -0.4 is 10.6 Å². The Balaban J connectivity index is 1.95. The number of esters is 1. The van der Waals surface area contributed by atoms with E-state index in [1.165, 1.54) is 18.4 Å². The lowest BCUT2D eigenvalue weighted by atomic mass is 9.89. The minimum atomic E-state index is -0.418. The van der Waals surface area contributed by atoms with E-state index in [0.29, 0.717) is 30.4 Å². The van der Waals surface area contributed by atoms with Crippen molar-refractivity contribution in [3.63, 3.8) is 0 Å². The van der Waals surface area contributed by atoms with Crippen LogP contribution in [0.5, 0.6) is 0 Å². The largest absolute Gasteiger partial charge is 0.465 e. The van der Waals surface area contributed by atoms with Crippen LogP contribution in [0.4, 0.5) is 11.5 Å². The van der Waals surface area contributed by atoms with Crippen LogP contribution >= 0.6 is 11.3 Å². The number of thiophene rings is 1. The fourth-order valence-electron chi connectivity index (χ4n) is 3.62. The molecule has 0 bridgehead atoms. The molecule has 1 fully saturated rings. The molecule has 0 aromatic carbocycles. The van der Waals surface area contributed by atoms with Crippen molar-refractivity contribution in [3.05, 3.63) is 16.0 Å². The van der Waals surface area contributed by atoms with Gasteiger partial charge < -0.3 is 24.8 Å². The molecule has 2 aliphatic rings. The molecule has 2 aromatic rings. The van der Waals surface area contributed by atoms with Crippen molar-refractivity contribution >= 4 is 39.0 Å². The number of nitrogens with zero attached hydrogens (tertiary/aromatic N) is 2. The Morgan fingerprint density at radius 3 is 2.73 bits per heavy atom. The van der Waals surface area contributed by atoms with Crippen LogP contribution in [0.15, 0.2) is 0 Å². The number of methoxy groups -OCH3 is 1. The van der Waals surface area contributed by atoms with Gasteiger partial charge in [0, 0.05) is 30.5 Å². The second-order valence-electron chi connectivity index (χ2n) is 7.23. The molecule has 0 spiro atoms. The molecule has 0 aliphatic carbocycles. The summed E-state index contributed by atoms with van der Waals surface area (Å²) in [6.07, 6.45) is 0.722. The van der Waals surface area contributed by atoms with Crippen LogP contribution in [0.25, 0.3) is 10.2 Å². The summed E-state index contributed by atoms with van der Waals surface area (Å²) in [5.41, 5.74) is 8.73. The maximum atomic E-state index is 12.1. The average Bonchev–Trinajstić information content (AvgIpc) is 2.97. The molecule has 2 aromatic heterocycles. The Morgan fingerprint density at radius 2 is 2.04 bits per heavy atom. The van der Waals surface area contributed by atoms with Gasteiger partial charge in [0.1, 0.15) is 15.5 Å². The first-order valence-corrected chi connectivity index (χ1v) is 9.51. The fraction of sp³-hybridized carbons (Fsp3) is 0.556. The molecular formula is C18H23N3O4S. The summed E-state index contributed by atoms with van der Waals surface area (Å²) in [6.45, 7) is 7.57. The quantitative estimate of drug-likeness (QED) is 0.804. The van der Waals surface area contributed by atoms with Crippen molar-refractivity contribution in [2.24, 2.45) is 0 Å². The molecule has 140 valence electrons. The van der Waals surface area contributed by atoms with E-state index in [2.05, 4.69) is 18.7 Å². The van der Waals surface area contributed by atoms with E-state index in [1.54, 1.807) is 0 Å². The first-order valence-electron chi connectivity index (χ1n) is 8.70. The molecule has 2 aliphatic heterocycles. The number of rotatable bonds is 2. The van der Waals surface area contributed by atoms with Gasteiger partial charge in [-0.2, -0.15) is 0 Å². The number of ether oxygens (including phenoxy) is 3. The van der Waals surface area contributed by atoms with Crippen LogP contribution in [0.1, 0.15) is 34.6 Å². The molecule has 4 heterocycles. The molecule has 2 N–H and O–H groups in total. The third-order valence-corrected chi connectivity index (χ3v) is 6.04. The van der Waals surface area contributed by atoms with Gasteiger partial charge in [-0.3, -0.25) is 0 Å². The van der Waals surface area contributed by atoms with E-state index < -0.39 is 5.97 Å². The van der Waals surface area contributed by atoms with Gasteiger partial charge in [0.25, 0.3) is 0 Å². The zero-order valence-electron chi connectivity index (χ0n) is 15.3. The van der Waals surface area contributed by atoms with E-state index >= 15 is 0 Å². The summed E-state index contributed by atoms with van der Waals surface area (Å²) >= 11 is 1.30. The topological polar surface area (TPSA) is 86.9 Å². The number of nitrogen functional groups attached to an aromatic ring is 1. The molecule has 0 radical (unpaired) electrons. The molecule has 0 saturated carbocycles. The average molecular weight is 377 g/mol. The first-order chi connectivity index (χ1) is 12.4. The molecule has 7 nitrogen and oxygen atoms in total. The van der Waals surface area contributed by atoms with Gasteiger partial charge in [-0.05, 0) is 19.4 Å². The van der Waals surface area contributed by atoms with Crippen LogP contribution in [0, 0.1) is 0 Å². The number of hydrogen-bond acceptors (Lipinski definition) is 8. The molecule has 4 rings (SSSR count). The molecule has 8 heteroatoms. The number of nitrogens with two attached hydrogens (primary N) is 1. The number of aromatic nitrogens is 1. The maximum absolute atomic E-state index is 12.1. The van der Waals surface area contributed by atoms with Crippen LogP contribution in [-0.2, 0) is 27.2 Å². The highest BCUT2D eigenvalue weighted by molar-refractivity contribution is 7.21. The second kappa shape index (κ2) is 6.37. The normalized spacial score (nSPS) is 19.4. The number of fused-ring (bicyclic) bond motifs is 3. The lowest BCUT2D eigenvalue weighted by molar-refractivity contribution is -0.0396. The van der Waals surface area contributed by atoms with Gasteiger partial charge in [-0.25, -0.2) is 9.78 Å². The molecule has 0 unspecified atom stereocenters. The summed E-state index contributed by atoms with van der Waals surface area (Å²) in [7, 11) is 1.37. The van der Waals surface area contributed by atoms with E-state index in [9.17, 15) is 4.79 Å². The predicted molar refractivity (Wildman–Crippen MR) is 101 cm³/mol. The number of pyridine rings is 1. The monoisotopic (exact) mass is 377 g/mol. The van der Waals surface area contributed by atoms with Crippen molar-refractivity contribution < 1.29 is 19.0 Å². The van der Waals surface area contributed by atoms with E-state index in [-0.39, 0.29) is 5.60 Å². The maximum Gasteiger partial charge on any atom is 0.350 e. The van der Waals surface area contributed by atoms with E-state index in [1.807, 2.05) is 0 Å². The van der Waals surface area contributed by atoms with Crippen LogP contribution in [0.3, 0.4) is 0 Å². The number of morpholine rings is 1. The van der Waals surface area contributed by atoms with Crippen LogP contribution in [0.2, 0.25) is 0 Å². The summed E-state index contributed by atoms with van der Waals surface area (Å²) in [5.74, 6) is 0.502. The van der Waals surface area contributed by atoms with Crippen molar-refractivity contribution in [2.75, 3.05) is 44.0 Å². The Morgan fingerprint density at radius 1 is 1.31 bits per heavy atom. The SMILES string of the molecule is COC(=O)c1sc2nc(N3CCOCC3)c3c(c2c1N)CC(C)(C)OC3. The van der Waals surface area contributed by atoms with Crippen molar-refractivity contribution in [1.29, 1.82) is 0 Å². The molecule has 0 atom stereocenters. The van der Waals surface area contributed by atoms with Crippen molar-refractivity contribution in [2.45, 2.75) is 32.5 Å². The smallest absolute Gasteiger partial charge is 0.350 e. The van der Waals surface area contributed by atoms with Crippen LogP contribution in [-0.4, -0.2) is 50.0 Å². The van der Waals surface area contributed by atoms with Gasteiger partial charge in [-0.1, -0.05) is 0 Å². The van der Waals surface area contributed by atoms with Gasteiger partial charge in [0.2, 0.25) is 0 Å². The summed E-state index contributed by atoms with van der Waals surface area (Å²) in [6, 6.07) is 0. The third kappa shape index (κ3) is 2.82. The van der Waals surface area contributed by atoms with E-state index in [0.717, 1.165) is 46.7 Å².